The van der Waals surface area contributed by atoms with Crippen molar-refractivity contribution in [3.05, 3.63) is 17.9 Å². The maximum atomic E-state index is 11.1. The molecule has 0 atom stereocenters. The molecule has 0 saturated carbocycles. The van der Waals surface area contributed by atoms with Crippen LogP contribution >= 0.6 is 0 Å². The molecule has 1 aromatic heterocycles. The van der Waals surface area contributed by atoms with Crippen molar-refractivity contribution >= 4 is 22.7 Å². The number of hydrogen-bond acceptors (Lipinski definition) is 6. The van der Waals surface area contributed by atoms with Gasteiger partial charge in [0, 0.05) is 6.42 Å². The second-order valence-corrected chi connectivity index (χ2v) is 6.01. The molecule has 2 aromatic rings. The first kappa shape index (κ1) is 16.0. The van der Waals surface area contributed by atoms with Gasteiger partial charge in [0.15, 0.2) is 11.3 Å². The Morgan fingerprint density at radius 2 is 2.04 bits per heavy atom. The number of fused-ring (bicyclic) bond motifs is 2. The molecule has 3 rings (SSSR count). The minimum Gasteiger partial charge on any atom is -0.495 e. The summed E-state index contributed by atoms with van der Waals surface area (Å²) in [6, 6.07) is 1.03. The molecule has 0 aliphatic carbocycles. The van der Waals surface area contributed by atoms with Crippen LogP contribution in [0.25, 0.3) is 11.0 Å². The molecular formula is C16H19N3O5. The number of furan rings is 1. The number of methoxy groups -OCH3 is 2. The summed E-state index contributed by atoms with van der Waals surface area (Å²) in [4.78, 5) is 11.1. The molecule has 0 fully saturated rings. The standard InChI is InChI=1S/C16H19N3O5/c1-16(2)7-9(18-19-15(17)20)10-11(21-3)8-5-6-23-12(8)14(22-4)13(10)24-16/h5-6H,7H2,1-4H3,(H3,17,19,20)/b18-9+. The first-order chi connectivity index (χ1) is 11.4. The van der Waals surface area contributed by atoms with Crippen LogP contribution < -0.4 is 25.4 Å². The Kier molecular flexibility index (Phi) is 3.75. The third-order valence-corrected chi connectivity index (χ3v) is 3.75. The zero-order chi connectivity index (χ0) is 17.5. The molecule has 0 bridgehead atoms. The number of ether oxygens (including phenoxy) is 3. The van der Waals surface area contributed by atoms with Crippen molar-refractivity contribution < 1.29 is 23.4 Å². The van der Waals surface area contributed by atoms with E-state index >= 15 is 0 Å². The first-order valence-corrected chi connectivity index (χ1v) is 7.34. The second-order valence-electron chi connectivity index (χ2n) is 6.01. The van der Waals surface area contributed by atoms with E-state index in [4.69, 9.17) is 24.4 Å². The Bertz CT molecular complexity index is 838. The molecule has 1 aliphatic rings. The lowest BCUT2D eigenvalue weighted by Gasteiger charge is -2.34. The number of nitrogens with one attached hydrogen (secondary N) is 1. The smallest absolute Gasteiger partial charge is 0.332 e. The van der Waals surface area contributed by atoms with Gasteiger partial charge in [0.2, 0.25) is 5.75 Å². The zero-order valence-electron chi connectivity index (χ0n) is 13.9. The van der Waals surface area contributed by atoms with Gasteiger partial charge >= 0.3 is 6.03 Å². The molecule has 1 aromatic carbocycles. The summed E-state index contributed by atoms with van der Waals surface area (Å²) in [5.74, 6) is 1.44. The maximum absolute atomic E-state index is 11.1. The predicted molar refractivity (Wildman–Crippen MR) is 87.9 cm³/mol. The van der Waals surface area contributed by atoms with Crippen LogP contribution in [-0.2, 0) is 0 Å². The molecule has 128 valence electrons. The Labute approximate surface area is 138 Å². The second kappa shape index (κ2) is 5.63. The Morgan fingerprint density at radius 1 is 1.33 bits per heavy atom. The van der Waals surface area contributed by atoms with E-state index in [1.54, 1.807) is 19.4 Å². The number of carbonyl (C=O) groups is 1. The molecular weight excluding hydrogens is 314 g/mol. The van der Waals surface area contributed by atoms with Gasteiger partial charge < -0.3 is 24.4 Å². The minimum absolute atomic E-state index is 0.448. The zero-order valence-corrected chi connectivity index (χ0v) is 13.9. The van der Waals surface area contributed by atoms with Crippen LogP contribution in [0.1, 0.15) is 25.8 Å². The largest absolute Gasteiger partial charge is 0.495 e. The summed E-state index contributed by atoms with van der Waals surface area (Å²) in [7, 11) is 3.08. The number of amides is 2. The predicted octanol–water partition coefficient (Wildman–Crippen LogP) is 2.38. The van der Waals surface area contributed by atoms with E-state index in [0.717, 1.165) is 5.39 Å². The summed E-state index contributed by atoms with van der Waals surface area (Å²) in [5, 5.41) is 4.87. The monoisotopic (exact) mass is 333 g/mol. The number of primary amides is 1. The fourth-order valence-electron chi connectivity index (χ4n) is 2.90. The van der Waals surface area contributed by atoms with Crippen LogP contribution in [0, 0.1) is 0 Å². The van der Waals surface area contributed by atoms with Gasteiger partial charge in [-0.1, -0.05) is 0 Å². The summed E-state index contributed by atoms with van der Waals surface area (Å²) in [5.41, 5.74) is 8.56. The molecule has 2 heterocycles. The van der Waals surface area contributed by atoms with Gasteiger partial charge in [-0.25, -0.2) is 10.2 Å². The van der Waals surface area contributed by atoms with Gasteiger partial charge in [-0.05, 0) is 19.9 Å². The van der Waals surface area contributed by atoms with E-state index in [0.29, 0.717) is 40.5 Å². The van der Waals surface area contributed by atoms with E-state index < -0.39 is 11.6 Å². The van der Waals surface area contributed by atoms with Gasteiger partial charge in [0.05, 0.1) is 37.1 Å². The highest BCUT2D eigenvalue weighted by atomic mass is 16.5. The van der Waals surface area contributed by atoms with Gasteiger partial charge in [0.25, 0.3) is 0 Å². The molecule has 0 saturated heterocycles. The van der Waals surface area contributed by atoms with Gasteiger partial charge in [-0.2, -0.15) is 5.10 Å². The quantitative estimate of drug-likeness (QED) is 0.838. The third kappa shape index (κ3) is 2.49. The minimum atomic E-state index is -0.747. The number of urea groups is 1. The Hall–Kier alpha value is -2.90. The van der Waals surface area contributed by atoms with Crippen LogP contribution in [0.2, 0.25) is 0 Å². The van der Waals surface area contributed by atoms with Crippen LogP contribution in [0.15, 0.2) is 21.8 Å². The van der Waals surface area contributed by atoms with E-state index in [1.807, 2.05) is 13.8 Å². The molecule has 24 heavy (non-hydrogen) atoms. The number of hydrogen-bond donors (Lipinski definition) is 2. The molecule has 0 radical (unpaired) electrons. The van der Waals surface area contributed by atoms with E-state index in [2.05, 4.69) is 10.5 Å². The average Bonchev–Trinajstić information content (AvgIpc) is 2.98. The number of hydrazone groups is 1. The molecule has 2 amide bonds. The van der Waals surface area contributed by atoms with Gasteiger partial charge in [-0.15, -0.1) is 0 Å². The Balaban J connectivity index is 2.35. The maximum Gasteiger partial charge on any atom is 0.332 e. The lowest BCUT2D eigenvalue weighted by molar-refractivity contribution is 0.106. The summed E-state index contributed by atoms with van der Waals surface area (Å²) < 4.78 is 22.7. The van der Waals surface area contributed by atoms with Crippen molar-refractivity contribution in [2.45, 2.75) is 25.9 Å². The number of nitrogens with two attached hydrogens (primary N) is 1. The van der Waals surface area contributed by atoms with Gasteiger partial charge in [-0.3, -0.25) is 0 Å². The van der Waals surface area contributed by atoms with Crippen LogP contribution in [0.5, 0.6) is 17.2 Å². The van der Waals surface area contributed by atoms with Crippen molar-refractivity contribution in [1.29, 1.82) is 0 Å². The lowest BCUT2D eigenvalue weighted by atomic mass is 9.90. The molecule has 8 nitrogen and oxygen atoms in total. The fraction of sp³-hybridized carbons (Fsp3) is 0.375. The van der Waals surface area contributed by atoms with Crippen molar-refractivity contribution in [3.63, 3.8) is 0 Å². The highest BCUT2D eigenvalue weighted by Crippen LogP contribution is 2.50. The highest BCUT2D eigenvalue weighted by Gasteiger charge is 2.38. The normalized spacial score (nSPS) is 17.2. The number of benzene rings is 1. The van der Waals surface area contributed by atoms with E-state index in [-0.39, 0.29) is 0 Å². The van der Waals surface area contributed by atoms with Crippen LogP contribution in [0.3, 0.4) is 0 Å². The summed E-state index contributed by atoms with van der Waals surface area (Å²) in [6.45, 7) is 3.82. The topological polar surface area (TPSA) is 108 Å². The number of nitrogens with zero attached hydrogens (tertiary/aromatic N) is 1. The molecule has 0 spiro atoms. The van der Waals surface area contributed by atoms with Crippen LogP contribution in [0.4, 0.5) is 4.79 Å². The number of carbonyl (C=O) groups excluding carboxylic acids is 1. The molecule has 0 unspecified atom stereocenters. The summed E-state index contributed by atoms with van der Waals surface area (Å²) in [6.07, 6.45) is 1.99. The molecule has 1 aliphatic heterocycles. The average molecular weight is 333 g/mol. The third-order valence-electron chi connectivity index (χ3n) is 3.75. The lowest BCUT2D eigenvalue weighted by Crippen LogP contribution is -2.38. The van der Waals surface area contributed by atoms with Crippen molar-refractivity contribution in [3.8, 4) is 17.2 Å². The molecule has 8 heteroatoms. The van der Waals surface area contributed by atoms with Crippen molar-refractivity contribution in [1.82, 2.24) is 5.43 Å². The molecule has 3 N–H and O–H groups in total. The van der Waals surface area contributed by atoms with Gasteiger partial charge in [0.1, 0.15) is 11.4 Å². The first-order valence-electron chi connectivity index (χ1n) is 7.34. The van der Waals surface area contributed by atoms with Crippen molar-refractivity contribution in [2.75, 3.05) is 14.2 Å². The number of rotatable bonds is 3. The summed E-state index contributed by atoms with van der Waals surface area (Å²) >= 11 is 0. The highest BCUT2D eigenvalue weighted by molar-refractivity contribution is 6.13. The fourth-order valence-corrected chi connectivity index (χ4v) is 2.90. The Morgan fingerprint density at radius 3 is 2.67 bits per heavy atom. The van der Waals surface area contributed by atoms with Crippen molar-refractivity contribution in [2.24, 2.45) is 10.8 Å². The van der Waals surface area contributed by atoms with Crippen LogP contribution in [-0.4, -0.2) is 31.6 Å². The van der Waals surface area contributed by atoms with E-state index in [9.17, 15) is 4.79 Å². The van der Waals surface area contributed by atoms with E-state index in [1.165, 1.54) is 7.11 Å². The SMILES string of the molecule is COc1c2c(c(OC)c3occc13)OC(C)(C)C/C2=N\NC(N)=O.